The van der Waals surface area contributed by atoms with Crippen molar-refractivity contribution in [3.05, 3.63) is 50.1 Å². The minimum absolute atomic E-state index is 0.00435. The van der Waals surface area contributed by atoms with E-state index < -0.39 is 18.5 Å². The Kier molecular flexibility index (Phi) is 5.76. The summed E-state index contributed by atoms with van der Waals surface area (Å²) >= 11 is 13.5. The number of ether oxygens (including phenoxy) is 2. The lowest BCUT2D eigenvalue weighted by Gasteiger charge is -2.10. The topological polar surface area (TPSA) is 69.7 Å². The van der Waals surface area contributed by atoms with E-state index in [1.165, 1.54) is 23.5 Å². The maximum absolute atomic E-state index is 12.3. The van der Waals surface area contributed by atoms with Crippen molar-refractivity contribution in [3.63, 3.8) is 0 Å². The van der Waals surface area contributed by atoms with E-state index in [0.717, 1.165) is 6.92 Å². The van der Waals surface area contributed by atoms with Crippen LogP contribution in [-0.4, -0.2) is 24.3 Å². The van der Waals surface area contributed by atoms with Crippen LogP contribution in [0.3, 0.4) is 0 Å². The van der Waals surface area contributed by atoms with E-state index in [0.29, 0.717) is 4.88 Å². The molecule has 2 rings (SSSR count). The molecule has 0 fully saturated rings. The number of thiophene rings is 1. The number of ketones is 1. The number of halogens is 2. The van der Waals surface area contributed by atoms with Crippen LogP contribution in [0.1, 0.15) is 22.2 Å². The van der Waals surface area contributed by atoms with Crippen molar-refractivity contribution in [3.8, 4) is 5.75 Å². The van der Waals surface area contributed by atoms with Crippen LogP contribution in [0.25, 0.3) is 0 Å². The van der Waals surface area contributed by atoms with Crippen molar-refractivity contribution in [1.29, 1.82) is 0 Å². The van der Waals surface area contributed by atoms with Gasteiger partial charge < -0.3 is 9.47 Å². The van der Waals surface area contributed by atoms with Gasteiger partial charge in [0.05, 0.1) is 9.90 Å². The number of carbonyl (C=O) groups excluding carboxylic acids is 3. The van der Waals surface area contributed by atoms with Gasteiger partial charge in [0.25, 0.3) is 0 Å². The molecule has 8 heteroatoms. The summed E-state index contributed by atoms with van der Waals surface area (Å²) in [4.78, 5) is 34.7. The van der Waals surface area contributed by atoms with Gasteiger partial charge >= 0.3 is 11.9 Å². The molecule has 0 N–H and O–H groups in total. The van der Waals surface area contributed by atoms with Gasteiger partial charge in [-0.1, -0.05) is 29.3 Å². The van der Waals surface area contributed by atoms with E-state index in [1.54, 1.807) is 17.5 Å². The Morgan fingerprint density at radius 2 is 1.87 bits per heavy atom. The van der Waals surface area contributed by atoms with Crippen LogP contribution in [0.4, 0.5) is 0 Å². The second kappa shape index (κ2) is 7.59. The maximum Gasteiger partial charge on any atom is 0.351 e. The molecule has 0 aliphatic rings. The van der Waals surface area contributed by atoms with Crippen LogP contribution in [0.2, 0.25) is 10.0 Å². The first-order valence-corrected chi connectivity index (χ1v) is 7.94. The van der Waals surface area contributed by atoms with Crippen molar-refractivity contribution >= 4 is 52.3 Å². The summed E-state index contributed by atoms with van der Waals surface area (Å²) in [5.74, 6) is -1.74. The van der Waals surface area contributed by atoms with Crippen molar-refractivity contribution in [2.24, 2.45) is 0 Å². The third-order valence-corrected chi connectivity index (χ3v) is 4.37. The van der Waals surface area contributed by atoms with E-state index >= 15 is 0 Å². The summed E-state index contributed by atoms with van der Waals surface area (Å²) in [6, 6.07) is 6.32. The average molecular weight is 373 g/mol. The van der Waals surface area contributed by atoms with Gasteiger partial charge in [0.1, 0.15) is 10.8 Å². The molecular formula is C15H10Cl2O5S. The van der Waals surface area contributed by atoms with Gasteiger partial charge in [-0.3, -0.25) is 9.59 Å². The molecule has 1 aromatic carbocycles. The Morgan fingerprint density at radius 1 is 1.13 bits per heavy atom. The molecule has 1 heterocycles. The Balaban J connectivity index is 2.16. The second-order valence-corrected chi connectivity index (χ2v) is 6.00. The van der Waals surface area contributed by atoms with E-state index in [-0.39, 0.29) is 27.1 Å². The first-order valence-electron chi connectivity index (χ1n) is 6.30. The fourth-order valence-electron chi connectivity index (χ4n) is 1.69. The molecule has 0 unspecified atom stereocenters. The highest BCUT2D eigenvalue weighted by molar-refractivity contribution is 7.12. The predicted octanol–water partition coefficient (Wildman–Crippen LogP) is 3.75. The Labute approximate surface area is 145 Å². The van der Waals surface area contributed by atoms with Crippen LogP contribution in [0, 0.1) is 0 Å². The number of hydrogen-bond donors (Lipinski definition) is 0. The molecule has 120 valence electrons. The molecule has 5 nitrogen and oxygen atoms in total. The first kappa shape index (κ1) is 17.5. The molecular weight excluding hydrogens is 363 g/mol. The van der Waals surface area contributed by atoms with Crippen LogP contribution >= 0.6 is 34.5 Å². The predicted molar refractivity (Wildman–Crippen MR) is 86.5 cm³/mol. The van der Waals surface area contributed by atoms with Crippen LogP contribution in [-0.2, 0) is 14.3 Å². The van der Waals surface area contributed by atoms with Crippen LogP contribution in [0.5, 0.6) is 5.75 Å². The molecule has 0 saturated carbocycles. The molecule has 0 saturated heterocycles. The van der Waals surface area contributed by atoms with Crippen molar-refractivity contribution in [2.75, 3.05) is 6.61 Å². The standard InChI is InChI=1S/C15H10Cl2O5S/c1-8(18)22-12(19)7-21-10-5-4-9(13(16)14(10)17)15(20)11-3-2-6-23-11/h2-6H,7H2,1H3. The summed E-state index contributed by atoms with van der Waals surface area (Å²) in [5, 5.41) is 1.81. The number of hydrogen-bond acceptors (Lipinski definition) is 6. The van der Waals surface area contributed by atoms with Crippen molar-refractivity contribution in [1.82, 2.24) is 0 Å². The third kappa shape index (κ3) is 4.31. The first-order chi connectivity index (χ1) is 10.9. The Morgan fingerprint density at radius 3 is 2.48 bits per heavy atom. The quantitative estimate of drug-likeness (QED) is 0.454. The van der Waals surface area contributed by atoms with E-state index in [2.05, 4.69) is 4.74 Å². The largest absolute Gasteiger partial charge is 0.480 e. The fourth-order valence-corrected chi connectivity index (χ4v) is 2.82. The number of carbonyl (C=O) groups is 3. The molecule has 1 aromatic heterocycles. The highest BCUT2D eigenvalue weighted by atomic mass is 35.5. The van der Waals surface area contributed by atoms with Gasteiger partial charge in [-0.2, -0.15) is 0 Å². The Hall–Kier alpha value is -1.89. The smallest absolute Gasteiger partial charge is 0.351 e. The van der Waals surface area contributed by atoms with Crippen LogP contribution in [0.15, 0.2) is 29.6 Å². The average Bonchev–Trinajstić information content (AvgIpc) is 3.01. The van der Waals surface area contributed by atoms with Crippen LogP contribution < -0.4 is 4.74 Å². The molecule has 0 bridgehead atoms. The highest BCUT2D eigenvalue weighted by Crippen LogP contribution is 2.36. The zero-order chi connectivity index (χ0) is 17.0. The van der Waals surface area contributed by atoms with Crippen molar-refractivity contribution < 1.29 is 23.9 Å². The molecule has 0 aliphatic heterocycles. The van der Waals surface area contributed by atoms with Gasteiger partial charge in [0.2, 0.25) is 5.78 Å². The van der Waals surface area contributed by atoms with E-state index in [9.17, 15) is 14.4 Å². The molecule has 0 radical (unpaired) electrons. The zero-order valence-electron chi connectivity index (χ0n) is 11.8. The molecule has 2 aromatic rings. The summed E-state index contributed by atoms with van der Waals surface area (Å²) in [7, 11) is 0. The molecule has 0 spiro atoms. The highest BCUT2D eigenvalue weighted by Gasteiger charge is 2.19. The summed E-state index contributed by atoms with van der Waals surface area (Å²) in [6.45, 7) is 0.598. The minimum atomic E-state index is -0.858. The normalized spacial score (nSPS) is 10.2. The maximum atomic E-state index is 12.3. The lowest BCUT2D eigenvalue weighted by molar-refractivity contribution is -0.159. The summed E-state index contributed by atoms with van der Waals surface area (Å²) in [5.41, 5.74) is 0.234. The Bertz CT molecular complexity index is 755. The van der Waals surface area contributed by atoms with Crippen molar-refractivity contribution in [2.45, 2.75) is 6.92 Å². The molecule has 23 heavy (non-hydrogen) atoms. The summed E-state index contributed by atoms with van der Waals surface area (Å²) < 4.78 is 9.48. The lowest BCUT2D eigenvalue weighted by atomic mass is 10.1. The SMILES string of the molecule is CC(=O)OC(=O)COc1ccc(C(=O)c2cccs2)c(Cl)c1Cl. The molecule has 0 aliphatic carbocycles. The monoisotopic (exact) mass is 372 g/mol. The van der Waals surface area contributed by atoms with E-state index in [4.69, 9.17) is 27.9 Å². The molecule has 0 amide bonds. The zero-order valence-corrected chi connectivity index (χ0v) is 14.1. The van der Waals surface area contributed by atoms with Gasteiger partial charge in [-0.25, -0.2) is 4.79 Å². The lowest BCUT2D eigenvalue weighted by Crippen LogP contribution is -2.17. The second-order valence-electron chi connectivity index (χ2n) is 4.30. The van der Waals surface area contributed by atoms with Gasteiger partial charge in [0.15, 0.2) is 6.61 Å². The van der Waals surface area contributed by atoms with Gasteiger partial charge in [-0.05, 0) is 23.6 Å². The number of esters is 2. The number of rotatable bonds is 5. The minimum Gasteiger partial charge on any atom is -0.480 e. The third-order valence-electron chi connectivity index (χ3n) is 2.64. The number of benzene rings is 1. The summed E-state index contributed by atoms with van der Waals surface area (Å²) in [6.07, 6.45) is 0. The van der Waals surface area contributed by atoms with Gasteiger partial charge in [0, 0.05) is 12.5 Å². The van der Waals surface area contributed by atoms with Gasteiger partial charge in [-0.15, -0.1) is 11.3 Å². The van der Waals surface area contributed by atoms with E-state index in [1.807, 2.05) is 0 Å². The fraction of sp³-hybridized carbons (Fsp3) is 0.133. The molecule has 0 atom stereocenters.